The summed E-state index contributed by atoms with van der Waals surface area (Å²) >= 11 is 5.10. The summed E-state index contributed by atoms with van der Waals surface area (Å²) in [5.74, 6) is 0.806. The Morgan fingerprint density at radius 3 is 2.76 bits per heavy atom. The summed E-state index contributed by atoms with van der Waals surface area (Å²) in [6, 6.07) is 0. The van der Waals surface area contributed by atoms with Crippen LogP contribution in [0.25, 0.3) is 0 Å². The number of aliphatic hydroxyl groups is 1. The molecule has 1 N–H and O–H groups in total. The van der Waals surface area contributed by atoms with Gasteiger partial charge < -0.3 is 9.84 Å². The lowest BCUT2D eigenvalue weighted by molar-refractivity contribution is -0.149. The van der Waals surface area contributed by atoms with Crippen LogP contribution >= 0.6 is 27.3 Å². The second-order valence-electron chi connectivity index (χ2n) is 5.49. The lowest BCUT2D eigenvalue weighted by Crippen LogP contribution is -2.26. The average molecular weight is 376 g/mol. The van der Waals surface area contributed by atoms with Crippen molar-refractivity contribution in [1.82, 2.24) is 4.98 Å². The molecule has 0 spiro atoms. The van der Waals surface area contributed by atoms with Crippen LogP contribution in [0, 0.1) is 11.8 Å². The minimum absolute atomic E-state index is 0.0494. The van der Waals surface area contributed by atoms with Crippen LogP contribution in [0.15, 0.2) is 9.98 Å². The summed E-state index contributed by atoms with van der Waals surface area (Å²) in [4.78, 5) is 16.3. The molecule has 0 bridgehead atoms. The number of rotatable bonds is 6. The molecule has 118 valence electrons. The van der Waals surface area contributed by atoms with Crippen LogP contribution < -0.4 is 0 Å². The van der Waals surface area contributed by atoms with Gasteiger partial charge >= 0.3 is 5.97 Å². The first-order chi connectivity index (χ1) is 10.2. The lowest BCUT2D eigenvalue weighted by Gasteiger charge is -2.32. The predicted octanol–water partition coefficient (Wildman–Crippen LogP) is 3.74. The molecule has 1 unspecified atom stereocenters. The molecule has 1 heterocycles. The molecule has 1 aliphatic rings. The Bertz CT molecular complexity index is 458. The fraction of sp³-hybridized carbons (Fsp3) is 0.733. The number of thiazole rings is 1. The van der Waals surface area contributed by atoms with E-state index in [9.17, 15) is 9.90 Å². The van der Waals surface area contributed by atoms with Crippen molar-refractivity contribution in [2.24, 2.45) is 11.8 Å². The van der Waals surface area contributed by atoms with Crippen molar-refractivity contribution < 1.29 is 14.6 Å². The van der Waals surface area contributed by atoms with Crippen molar-refractivity contribution in [2.45, 2.75) is 44.9 Å². The van der Waals surface area contributed by atoms with Crippen LogP contribution in [0.3, 0.4) is 0 Å². The number of hydrogen-bond donors (Lipinski definition) is 1. The van der Waals surface area contributed by atoms with Crippen LogP contribution in [-0.4, -0.2) is 29.3 Å². The molecule has 4 nitrogen and oxygen atoms in total. The molecular weight excluding hydrogens is 354 g/mol. The van der Waals surface area contributed by atoms with E-state index in [-0.39, 0.29) is 18.5 Å². The average Bonchev–Trinajstić information content (AvgIpc) is 2.91. The van der Waals surface area contributed by atoms with Gasteiger partial charge in [0.2, 0.25) is 0 Å². The number of nitrogens with zero attached hydrogens (tertiary/aromatic N) is 1. The van der Waals surface area contributed by atoms with Crippen molar-refractivity contribution in [3.05, 3.63) is 15.0 Å². The van der Waals surface area contributed by atoms with Crippen molar-refractivity contribution in [1.29, 1.82) is 0 Å². The minimum atomic E-state index is -0.0494. The number of carbonyl (C=O) groups is 1. The van der Waals surface area contributed by atoms with Crippen molar-refractivity contribution >= 4 is 33.2 Å². The van der Waals surface area contributed by atoms with Crippen molar-refractivity contribution in [2.75, 3.05) is 13.2 Å². The van der Waals surface area contributed by atoms with E-state index in [2.05, 4.69) is 20.9 Å². The zero-order valence-corrected chi connectivity index (χ0v) is 14.7. The largest absolute Gasteiger partial charge is 0.466 e. The highest BCUT2D eigenvalue weighted by Gasteiger charge is 2.33. The molecule has 0 aliphatic heterocycles. The highest BCUT2D eigenvalue weighted by molar-refractivity contribution is 9.11. The molecule has 1 atom stereocenters. The second kappa shape index (κ2) is 8.25. The van der Waals surface area contributed by atoms with Crippen LogP contribution in [0.1, 0.15) is 50.0 Å². The van der Waals surface area contributed by atoms with Crippen molar-refractivity contribution in [3.63, 3.8) is 0 Å². The van der Waals surface area contributed by atoms with Gasteiger partial charge in [-0.3, -0.25) is 4.79 Å². The molecule has 1 aromatic rings. The molecule has 0 radical (unpaired) electrons. The van der Waals surface area contributed by atoms with Crippen LogP contribution in [-0.2, 0) is 9.53 Å². The maximum atomic E-state index is 11.8. The first-order valence-corrected chi connectivity index (χ1v) is 9.15. The Morgan fingerprint density at radius 1 is 1.52 bits per heavy atom. The third kappa shape index (κ3) is 4.50. The van der Waals surface area contributed by atoms with E-state index >= 15 is 0 Å². The number of esters is 1. The van der Waals surface area contributed by atoms with Gasteiger partial charge in [0.15, 0.2) is 0 Å². The molecule has 1 saturated carbocycles. The zero-order chi connectivity index (χ0) is 15.2. The fourth-order valence-corrected chi connectivity index (χ4v) is 4.63. The lowest BCUT2D eigenvalue weighted by atomic mass is 9.75. The van der Waals surface area contributed by atoms with E-state index in [4.69, 9.17) is 4.74 Å². The Balaban J connectivity index is 1.96. The molecule has 1 fully saturated rings. The smallest absolute Gasteiger partial charge is 0.308 e. The Hall–Kier alpha value is -0.460. The maximum absolute atomic E-state index is 11.8. The molecule has 2 rings (SSSR count). The van der Waals surface area contributed by atoms with Gasteiger partial charge in [0.05, 0.1) is 27.5 Å². The molecule has 6 heteroatoms. The van der Waals surface area contributed by atoms with Gasteiger partial charge in [-0.15, -0.1) is 11.3 Å². The maximum Gasteiger partial charge on any atom is 0.308 e. The summed E-state index contributed by atoms with van der Waals surface area (Å²) in [6.45, 7) is 2.49. The second-order valence-corrected chi connectivity index (χ2v) is 7.93. The van der Waals surface area contributed by atoms with E-state index in [0.717, 1.165) is 40.9 Å². The first-order valence-electron chi connectivity index (χ1n) is 7.54. The van der Waals surface area contributed by atoms with Gasteiger partial charge in [0, 0.05) is 12.5 Å². The number of carbonyl (C=O) groups excluding carboxylic acids is 1. The summed E-state index contributed by atoms with van der Waals surface area (Å²) in [5, 5.41) is 10.4. The number of aliphatic hydroxyl groups excluding tert-OH is 1. The summed E-state index contributed by atoms with van der Waals surface area (Å²) in [5.41, 5.74) is 0. The predicted molar refractivity (Wildman–Crippen MR) is 86.3 cm³/mol. The van der Waals surface area contributed by atoms with Gasteiger partial charge in [-0.1, -0.05) is 0 Å². The summed E-state index contributed by atoms with van der Waals surface area (Å²) in [6.07, 6.45) is 6.36. The molecule has 1 aromatic heterocycles. The SMILES string of the molecule is CCOC(=O)C1CCC(C(CCO)c2ncc(Br)s2)CC1. The highest BCUT2D eigenvalue weighted by atomic mass is 79.9. The summed E-state index contributed by atoms with van der Waals surface area (Å²) < 4.78 is 6.15. The Kier molecular flexibility index (Phi) is 6.64. The van der Waals surface area contributed by atoms with Gasteiger partial charge in [-0.05, 0) is 60.9 Å². The van der Waals surface area contributed by atoms with E-state index in [0.29, 0.717) is 18.4 Å². The first kappa shape index (κ1) is 16.9. The van der Waals surface area contributed by atoms with E-state index in [1.165, 1.54) is 0 Å². The zero-order valence-electron chi connectivity index (χ0n) is 12.3. The number of ether oxygens (including phenoxy) is 1. The van der Waals surface area contributed by atoms with Gasteiger partial charge in [0.1, 0.15) is 0 Å². The molecule has 21 heavy (non-hydrogen) atoms. The van der Waals surface area contributed by atoms with Crippen LogP contribution in [0.4, 0.5) is 0 Å². The normalized spacial score (nSPS) is 23.8. The van der Waals surface area contributed by atoms with E-state index < -0.39 is 0 Å². The highest BCUT2D eigenvalue weighted by Crippen LogP contribution is 2.41. The van der Waals surface area contributed by atoms with Crippen LogP contribution in [0.5, 0.6) is 0 Å². The van der Waals surface area contributed by atoms with Gasteiger partial charge in [-0.25, -0.2) is 4.98 Å². The quantitative estimate of drug-likeness (QED) is 0.769. The third-order valence-corrected chi connectivity index (χ3v) is 5.82. The Labute approximate surface area is 138 Å². The third-order valence-electron chi connectivity index (χ3n) is 4.21. The molecule has 1 aliphatic carbocycles. The topological polar surface area (TPSA) is 59.4 Å². The standard InChI is InChI=1S/C15H22BrNO3S/c1-2-20-15(19)11-5-3-10(4-6-11)12(7-8-18)14-17-9-13(16)21-14/h9-12,18H,2-8H2,1H3. The molecule has 0 aromatic carbocycles. The Morgan fingerprint density at radius 2 is 2.24 bits per heavy atom. The van der Waals surface area contributed by atoms with Gasteiger partial charge in [0.25, 0.3) is 0 Å². The van der Waals surface area contributed by atoms with Crippen LogP contribution in [0.2, 0.25) is 0 Å². The van der Waals surface area contributed by atoms with Crippen molar-refractivity contribution in [3.8, 4) is 0 Å². The van der Waals surface area contributed by atoms with E-state index in [1.54, 1.807) is 11.3 Å². The number of halogens is 1. The molecule has 0 amide bonds. The summed E-state index contributed by atoms with van der Waals surface area (Å²) in [7, 11) is 0. The molecule has 0 saturated heterocycles. The number of aromatic nitrogens is 1. The minimum Gasteiger partial charge on any atom is -0.466 e. The monoisotopic (exact) mass is 375 g/mol. The molecular formula is C15H22BrNO3S. The number of hydrogen-bond acceptors (Lipinski definition) is 5. The fourth-order valence-electron chi connectivity index (χ4n) is 3.16. The van der Waals surface area contributed by atoms with E-state index in [1.807, 2.05) is 13.1 Å². The van der Waals surface area contributed by atoms with Gasteiger partial charge in [-0.2, -0.15) is 0 Å².